The van der Waals surface area contributed by atoms with Gasteiger partial charge in [-0.05, 0) is 29.3 Å². The maximum atomic E-state index is 12.5. The van der Waals surface area contributed by atoms with Gasteiger partial charge in [0.05, 0.1) is 7.11 Å². The highest BCUT2D eigenvalue weighted by Gasteiger charge is 2.24. The fraction of sp³-hybridized carbons (Fsp3) is 0.143. The van der Waals surface area contributed by atoms with Crippen molar-refractivity contribution in [2.24, 2.45) is 0 Å². The van der Waals surface area contributed by atoms with Crippen molar-refractivity contribution in [3.8, 4) is 0 Å². The molecule has 0 bridgehead atoms. The molecule has 6 nitrogen and oxygen atoms in total. The number of aromatic amines is 1. The molecule has 1 atom stereocenters. The van der Waals surface area contributed by atoms with E-state index in [4.69, 9.17) is 4.74 Å². The van der Waals surface area contributed by atoms with Gasteiger partial charge in [-0.25, -0.2) is 4.79 Å². The van der Waals surface area contributed by atoms with Crippen LogP contribution in [0.1, 0.15) is 11.1 Å². The summed E-state index contributed by atoms with van der Waals surface area (Å²) in [6.45, 7) is 0. The number of carboxylic acids is 1. The second kappa shape index (κ2) is 8.75. The summed E-state index contributed by atoms with van der Waals surface area (Å²) in [6, 6.07) is 13.8. The molecule has 1 aromatic heterocycles. The van der Waals surface area contributed by atoms with Gasteiger partial charge in [-0.1, -0.05) is 52.3 Å². The van der Waals surface area contributed by atoms with Crippen LogP contribution in [0.5, 0.6) is 0 Å². The quantitative estimate of drug-likeness (QED) is 0.384. The first-order valence-corrected chi connectivity index (χ1v) is 9.37. The Bertz CT molecular complexity index is 1030. The molecule has 28 heavy (non-hydrogen) atoms. The summed E-state index contributed by atoms with van der Waals surface area (Å²) >= 11 is 3.41. The lowest BCUT2D eigenvalue weighted by Gasteiger charge is -2.15. The topological polar surface area (TPSA) is 91.4 Å². The van der Waals surface area contributed by atoms with Crippen molar-refractivity contribution in [3.05, 3.63) is 76.1 Å². The van der Waals surface area contributed by atoms with E-state index in [2.05, 4.69) is 26.2 Å². The van der Waals surface area contributed by atoms with Crippen LogP contribution in [0.3, 0.4) is 0 Å². The Morgan fingerprint density at radius 1 is 1.25 bits per heavy atom. The maximum absolute atomic E-state index is 12.5. The highest BCUT2D eigenvalue weighted by atomic mass is 79.9. The number of methoxy groups -OCH3 is 1. The third kappa shape index (κ3) is 4.61. The first-order valence-electron chi connectivity index (χ1n) is 8.58. The SMILES string of the molecule is COC(=Cc1ccccc1)C(=O)N[C@@H](Cc1c[nH]c2cc(Br)ccc12)C(=O)O. The van der Waals surface area contributed by atoms with Gasteiger partial charge in [0, 0.05) is 28.0 Å². The van der Waals surface area contributed by atoms with Gasteiger partial charge in [-0.15, -0.1) is 0 Å². The van der Waals surface area contributed by atoms with E-state index in [1.807, 2.05) is 48.5 Å². The van der Waals surface area contributed by atoms with Crippen molar-refractivity contribution in [3.63, 3.8) is 0 Å². The number of carbonyl (C=O) groups excluding carboxylic acids is 1. The van der Waals surface area contributed by atoms with E-state index in [1.54, 1.807) is 12.3 Å². The van der Waals surface area contributed by atoms with Crippen LogP contribution < -0.4 is 5.32 Å². The number of aliphatic carboxylic acids is 1. The zero-order chi connectivity index (χ0) is 20.1. The van der Waals surface area contributed by atoms with Crippen LogP contribution in [0.2, 0.25) is 0 Å². The molecule has 3 rings (SSSR count). The number of carboxylic acid groups (broad SMARTS) is 1. The molecule has 0 saturated carbocycles. The molecule has 1 amide bonds. The predicted molar refractivity (Wildman–Crippen MR) is 111 cm³/mol. The molecule has 3 N–H and O–H groups in total. The fourth-order valence-corrected chi connectivity index (χ4v) is 3.26. The van der Waals surface area contributed by atoms with Crippen molar-refractivity contribution < 1.29 is 19.4 Å². The zero-order valence-electron chi connectivity index (χ0n) is 15.1. The molecule has 144 valence electrons. The Morgan fingerprint density at radius 3 is 2.68 bits per heavy atom. The van der Waals surface area contributed by atoms with Crippen molar-refractivity contribution in [1.82, 2.24) is 10.3 Å². The highest BCUT2D eigenvalue weighted by Crippen LogP contribution is 2.23. The second-order valence-electron chi connectivity index (χ2n) is 6.20. The Kier molecular flexibility index (Phi) is 6.16. The molecule has 2 aromatic carbocycles. The number of nitrogens with one attached hydrogen (secondary N) is 2. The monoisotopic (exact) mass is 442 g/mol. The molecule has 0 unspecified atom stereocenters. The number of halogens is 1. The smallest absolute Gasteiger partial charge is 0.326 e. The van der Waals surface area contributed by atoms with Crippen LogP contribution in [-0.4, -0.2) is 35.1 Å². The van der Waals surface area contributed by atoms with E-state index in [0.29, 0.717) is 0 Å². The number of benzene rings is 2. The molecular formula is C21H19BrN2O4. The fourth-order valence-electron chi connectivity index (χ4n) is 2.89. The number of amides is 1. The van der Waals surface area contributed by atoms with Gasteiger partial charge in [0.15, 0.2) is 5.76 Å². The lowest BCUT2D eigenvalue weighted by atomic mass is 10.0. The third-order valence-electron chi connectivity index (χ3n) is 4.30. The van der Waals surface area contributed by atoms with E-state index in [-0.39, 0.29) is 12.2 Å². The Morgan fingerprint density at radius 2 is 2.00 bits per heavy atom. The van der Waals surface area contributed by atoms with Crippen LogP contribution in [-0.2, 0) is 20.7 Å². The number of H-pyrrole nitrogens is 1. The summed E-state index contributed by atoms with van der Waals surface area (Å²) in [4.78, 5) is 27.4. The molecular weight excluding hydrogens is 424 g/mol. The minimum absolute atomic E-state index is 0.0420. The minimum Gasteiger partial charge on any atom is -0.491 e. The standard InChI is InChI=1S/C21H19BrN2O4/c1-28-19(9-13-5-3-2-4-6-13)20(25)24-18(21(26)27)10-14-12-23-17-11-15(22)7-8-16(14)17/h2-9,11-12,18,23H,10H2,1H3,(H,24,25)(H,26,27)/t18-/m0/s1. The lowest BCUT2D eigenvalue weighted by molar-refractivity contribution is -0.141. The number of hydrogen-bond acceptors (Lipinski definition) is 3. The Hall–Kier alpha value is -3.06. The number of fused-ring (bicyclic) bond motifs is 1. The molecule has 3 aromatic rings. The maximum Gasteiger partial charge on any atom is 0.326 e. The Labute approximate surface area is 170 Å². The molecule has 1 heterocycles. The normalized spacial score (nSPS) is 12.6. The molecule has 0 spiro atoms. The molecule has 7 heteroatoms. The summed E-state index contributed by atoms with van der Waals surface area (Å²) < 4.78 is 6.08. The van der Waals surface area contributed by atoms with Crippen molar-refractivity contribution in [2.75, 3.05) is 7.11 Å². The van der Waals surface area contributed by atoms with Crippen LogP contribution in [0.25, 0.3) is 17.0 Å². The van der Waals surface area contributed by atoms with E-state index in [1.165, 1.54) is 7.11 Å². The van der Waals surface area contributed by atoms with Crippen LogP contribution in [0.15, 0.2) is 65.0 Å². The third-order valence-corrected chi connectivity index (χ3v) is 4.79. The summed E-state index contributed by atoms with van der Waals surface area (Å²) in [5.74, 6) is -1.66. The number of rotatable bonds is 7. The number of hydrogen-bond donors (Lipinski definition) is 3. The Balaban J connectivity index is 1.79. The molecule has 0 fully saturated rings. The molecule has 0 saturated heterocycles. The minimum atomic E-state index is -1.12. The van der Waals surface area contributed by atoms with Crippen molar-refractivity contribution in [1.29, 1.82) is 0 Å². The molecule has 0 radical (unpaired) electrons. The van der Waals surface area contributed by atoms with Crippen LogP contribution in [0.4, 0.5) is 0 Å². The lowest BCUT2D eigenvalue weighted by Crippen LogP contribution is -2.43. The van der Waals surface area contributed by atoms with E-state index in [0.717, 1.165) is 26.5 Å². The van der Waals surface area contributed by atoms with Gasteiger partial charge < -0.3 is 20.1 Å². The zero-order valence-corrected chi connectivity index (χ0v) is 16.7. The molecule has 0 aliphatic rings. The number of carbonyl (C=O) groups is 2. The van der Waals surface area contributed by atoms with Crippen LogP contribution >= 0.6 is 15.9 Å². The number of aromatic nitrogens is 1. The van der Waals surface area contributed by atoms with Crippen molar-refractivity contribution in [2.45, 2.75) is 12.5 Å². The summed E-state index contributed by atoms with van der Waals surface area (Å²) in [5.41, 5.74) is 2.48. The van der Waals surface area contributed by atoms with Gasteiger partial charge >= 0.3 is 5.97 Å². The average Bonchev–Trinajstić information content (AvgIpc) is 3.07. The summed E-state index contributed by atoms with van der Waals surface area (Å²) in [6.07, 6.45) is 3.47. The number of ether oxygens (including phenoxy) is 1. The van der Waals surface area contributed by atoms with Gasteiger partial charge in [0.2, 0.25) is 0 Å². The highest BCUT2D eigenvalue weighted by molar-refractivity contribution is 9.10. The van der Waals surface area contributed by atoms with Gasteiger partial charge in [-0.2, -0.15) is 0 Å². The largest absolute Gasteiger partial charge is 0.491 e. The first kappa shape index (κ1) is 19.7. The molecule has 0 aliphatic heterocycles. The van der Waals surface area contributed by atoms with E-state index >= 15 is 0 Å². The van der Waals surface area contributed by atoms with E-state index in [9.17, 15) is 14.7 Å². The molecule has 0 aliphatic carbocycles. The summed E-state index contributed by atoms with van der Waals surface area (Å²) in [5, 5.41) is 13.0. The average molecular weight is 443 g/mol. The van der Waals surface area contributed by atoms with E-state index < -0.39 is 17.9 Å². The van der Waals surface area contributed by atoms with Gasteiger partial charge in [-0.3, -0.25) is 4.79 Å². The summed E-state index contributed by atoms with van der Waals surface area (Å²) in [7, 11) is 1.38. The predicted octanol–water partition coefficient (Wildman–Crippen LogP) is 3.73. The van der Waals surface area contributed by atoms with Crippen LogP contribution in [0, 0.1) is 0 Å². The van der Waals surface area contributed by atoms with Gasteiger partial charge in [0.1, 0.15) is 6.04 Å². The van der Waals surface area contributed by atoms with Crippen molar-refractivity contribution >= 4 is 44.8 Å². The van der Waals surface area contributed by atoms with Gasteiger partial charge in [0.25, 0.3) is 5.91 Å². The second-order valence-corrected chi connectivity index (χ2v) is 7.11. The first-order chi connectivity index (χ1) is 13.5.